The lowest BCUT2D eigenvalue weighted by atomic mass is 10.1. The largest absolute Gasteiger partial charge is 0.443 e. The second-order valence-electron chi connectivity index (χ2n) is 5.91. The molecule has 0 radical (unpaired) electrons. The van der Waals surface area contributed by atoms with Crippen molar-refractivity contribution in [2.45, 2.75) is 52.2 Å². The van der Waals surface area contributed by atoms with Crippen LogP contribution >= 0.6 is 0 Å². The van der Waals surface area contributed by atoms with Crippen LogP contribution in [0.1, 0.15) is 41.0 Å². The van der Waals surface area contributed by atoms with Crippen molar-refractivity contribution in [1.82, 2.24) is 10.9 Å². The third-order valence-electron chi connectivity index (χ3n) is 2.07. The zero-order valence-electron chi connectivity index (χ0n) is 13.2. The Labute approximate surface area is 125 Å². The molecule has 0 saturated heterocycles. The summed E-state index contributed by atoms with van der Waals surface area (Å²) in [5, 5.41) is 0. The maximum absolute atomic E-state index is 11.5. The maximum Gasteiger partial charge on any atom is 0.426 e. The van der Waals surface area contributed by atoms with Crippen LogP contribution in [0.3, 0.4) is 0 Å². The summed E-state index contributed by atoms with van der Waals surface area (Å²) in [4.78, 5) is 22.9. The molecule has 0 unspecified atom stereocenters. The summed E-state index contributed by atoms with van der Waals surface area (Å²) in [5.41, 5.74) is 2.79. The Kier molecular flexibility index (Phi) is 7.60. The number of terminal acetylenes is 1. The Morgan fingerprint density at radius 1 is 1.05 bits per heavy atom. The average molecular weight is 300 g/mol. The van der Waals surface area contributed by atoms with Gasteiger partial charge in [0.1, 0.15) is 17.8 Å². The number of hydrogen-bond acceptors (Lipinski definition) is 5. The van der Waals surface area contributed by atoms with Gasteiger partial charge in [-0.25, -0.2) is 20.4 Å². The van der Waals surface area contributed by atoms with Gasteiger partial charge in [-0.2, -0.15) is 0 Å². The topological polar surface area (TPSA) is 85.9 Å². The Balaban J connectivity index is 4.02. The van der Waals surface area contributed by atoms with E-state index in [1.165, 1.54) is 0 Å². The maximum atomic E-state index is 11.5. The standard InChI is InChI=1S/C14H24N2O5/c1-7-9-19-10-8-14(5,6)21-12(18)16-15-11(17)20-13(2,3)4/h1H,8-10H2,2-6H3,(H,15,17)(H,16,18). The quantitative estimate of drug-likeness (QED) is 0.460. The van der Waals surface area contributed by atoms with E-state index in [0.717, 1.165) is 0 Å². The Hall–Kier alpha value is -1.94. The monoisotopic (exact) mass is 300 g/mol. The highest BCUT2D eigenvalue weighted by molar-refractivity contribution is 5.74. The Morgan fingerprint density at radius 2 is 1.57 bits per heavy atom. The number of amides is 2. The summed E-state index contributed by atoms with van der Waals surface area (Å²) in [6.45, 7) is 9.16. The average Bonchev–Trinajstić information content (AvgIpc) is 2.29. The fraction of sp³-hybridized carbons (Fsp3) is 0.714. The molecular formula is C14H24N2O5. The lowest BCUT2D eigenvalue weighted by Gasteiger charge is -2.25. The first-order valence-corrected chi connectivity index (χ1v) is 6.55. The molecule has 0 rings (SSSR count). The molecule has 7 nitrogen and oxygen atoms in total. The molecule has 0 aromatic heterocycles. The molecule has 0 aromatic rings. The molecular weight excluding hydrogens is 276 g/mol. The molecule has 120 valence electrons. The van der Waals surface area contributed by atoms with Crippen LogP contribution in [-0.2, 0) is 14.2 Å². The van der Waals surface area contributed by atoms with Gasteiger partial charge < -0.3 is 14.2 Å². The molecule has 0 aromatic carbocycles. The van der Waals surface area contributed by atoms with Gasteiger partial charge in [-0.05, 0) is 34.6 Å². The van der Waals surface area contributed by atoms with Gasteiger partial charge in [0, 0.05) is 6.42 Å². The molecule has 2 amide bonds. The van der Waals surface area contributed by atoms with Crippen molar-refractivity contribution in [3.63, 3.8) is 0 Å². The third-order valence-corrected chi connectivity index (χ3v) is 2.07. The number of hydrazine groups is 1. The van der Waals surface area contributed by atoms with E-state index in [-0.39, 0.29) is 6.61 Å². The van der Waals surface area contributed by atoms with E-state index >= 15 is 0 Å². The second kappa shape index (κ2) is 8.37. The van der Waals surface area contributed by atoms with Gasteiger partial charge in [0.25, 0.3) is 0 Å². The van der Waals surface area contributed by atoms with Crippen molar-refractivity contribution in [1.29, 1.82) is 0 Å². The molecule has 2 N–H and O–H groups in total. The van der Waals surface area contributed by atoms with E-state index in [4.69, 9.17) is 20.6 Å². The summed E-state index contributed by atoms with van der Waals surface area (Å²) in [6, 6.07) is 0. The van der Waals surface area contributed by atoms with Crippen LogP contribution in [0.25, 0.3) is 0 Å². The molecule has 0 saturated carbocycles. The Bertz CT molecular complexity index is 393. The molecule has 0 atom stereocenters. The molecule has 0 fully saturated rings. The van der Waals surface area contributed by atoms with Crippen LogP contribution in [0.15, 0.2) is 0 Å². The minimum Gasteiger partial charge on any atom is -0.443 e. The first-order valence-electron chi connectivity index (χ1n) is 6.55. The molecule has 21 heavy (non-hydrogen) atoms. The SMILES string of the molecule is C#CCOCCC(C)(C)OC(=O)NNC(=O)OC(C)(C)C. The zero-order chi connectivity index (χ0) is 16.5. The zero-order valence-corrected chi connectivity index (χ0v) is 13.2. The third kappa shape index (κ3) is 11.6. The van der Waals surface area contributed by atoms with Gasteiger partial charge >= 0.3 is 12.2 Å². The van der Waals surface area contributed by atoms with Gasteiger partial charge in [0.2, 0.25) is 0 Å². The number of carbonyl (C=O) groups excluding carboxylic acids is 2. The van der Waals surface area contributed by atoms with Crippen molar-refractivity contribution in [3.8, 4) is 12.3 Å². The minimum absolute atomic E-state index is 0.211. The van der Waals surface area contributed by atoms with Gasteiger partial charge in [0.05, 0.1) is 6.61 Å². The minimum atomic E-state index is -0.789. The highest BCUT2D eigenvalue weighted by Gasteiger charge is 2.23. The smallest absolute Gasteiger partial charge is 0.426 e. The van der Waals surface area contributed by atoms with Gasteiger partial charge in [0.15, 0.2) is 0 Å². The number of rotatable bonds is 5. The lowest BCUT2D eigenvalue weighted by molar-refractivity contribution is 0.00721. The highest BCUT2D eigenvalue weighted by atomic mass is 16.6. The molecule has 0 spiro atoms. The summed E-state index contributed by atoms with van der Waals surface area (Å²) in [6.07, 6.45) is 3.96. The van der Waals surface area contributed by atoms with E-state index in [1.807, 2.05) is 0 Å². The molecule has 0 aliphatic heterocycles. The molecule has 0 aliphatic carbocycles. The van der Waals surface area contributed by atoms with Gasteiger partial charge in [-0.3, -0.25) is 0 Å². The Morgan fingerprint density at radius 3 is 2.05 bits per heavy atom. The predicted octanol–water partition coefficient (Wildman–Crippen LogP) is 1.97. The first kappa shape index (κ1) is 19.1. The summed E-state index contributed by atoms with van der Waals surface area (Å²) >= 11 is 0. The van der Waals surface area contributed by atoms with Crippen molar-refractivity contribution < 1.29 is 23.8 Å². The fourth-order valence-electron chi connectivity index (χ4n) is 1.18. The lowest BCUT2D eigenvalue weighted by Crippen LogP contribution is -2.46. The molecule has 0 aliphatic rings. The van der Waals surface area contributed by atoms with Crippen LogP contribution in [-0.4, -0.2) is 36.6 Å². The molecule has 0 bridgehead atoms. The van der Waals surface area contributed by atoms with Crippen LogP contribution in [0.5, 0.6) is 0 Å². The van der Waals surface area contributed by atoms with Crippen molar-refractivity contribution in [2.24, 2.45) is 0 Å². The number of nitrogens with one attached hydrogen (secondary N) is 2. The van der Waals surface area contributed by atoms with E-state index in [1.54, 1.807) is 34.6 Å². The predicted molar refractivity (Wildman–Crippen MR) is 77.3 cm³/mol. The van der Waals surface area contributed by atoms with Crippen molar-refractivity contribution in [2.75, 3.05) is 13.2 Å². The van der Waals surface area contributed by atoms with E-state index in [9.17, 15) is 9.59 Å². The summed E-state index contributed by atoms with van der Waals surface area (Å²) < 4.78 is 15.2. The van der Waals surface area contributed by atoms with E-state index in [0.29, 0.717) is 13.0 Å². The summed E-state index contributed by atoms with van der Waals surface area (Å²) in [7, 11) is 0. The second-order valence-corrected chi connectivity index (χ2v) is 5.91. The first-order chi connectivity index (χ1) is 9.56. The summed E-state index contributed by atoms with van der Waals surface area (Å²) in [5.74, 6) is 2.34. The van der Waals surface area contributed by atoms with E-state index in [2.05, 4.69) is 16.8 Å². The van der Waals surface area contributed by atoms with Crippen LogP contribution in [0.2, 0.25) is 0 Å². The van der Waals surface area contributed by atoms with Gasteiger partial charge in [-0.15, -0.1) is 6.42 Å². The number of hydrogen-bond donors (Lipinski definition) is 2. The van der Waals surface area contributed by atoms with Crippen LogP contribution < -0.4 is 10.9 Å². The van der Waals surface area contributed by atoms with Crippen molar-refractivity contribution >= 4 is 12.2 Å². The number of ether oxygens (including phenoxy) is 3. The molecule has 0 heterocycles. The fourth-order valence-corrected chi connectivity index (χ4v) is 1.18. The highest BCUT2D eigenvalue weighted by Crippen LogP contribution is 2.14. The van der Waals surface area contributed by atoms with Crippen LogP contribution in [0.4, 0.5) is 9.59 Å². The number of carbonyl (C=O) groups is 2. The normalized spacial score (nSPS) is 11.2. The van der Waals surface area contributed by atoms with Crippen molar-refractivity contribution in [3.05, 3.63) is 0 Å². The molecule has 7 heteroatoms. The van der Waals surface area contributed by atoms with Gasteiger partial charge in [-0.1, -0.05) is 5.92 Å². The van der Waals surface area contributed by atoms with E-state index < -0.39 is 23.4 Å². The van der Waals surface area contributed by atoms with Crippen LogP contribution in [0, 0.1) is 12.3 Å².